The maximum absolute atomic E-state index is 12.7. The maximum atomic E-state index is 12.7. The van der Waals surface area contributed by atoms with Gasteiger partial charge >= 0.3 is 0 Å². The number of carbonyl (C=O) groups excluding carboxylic acids is 2. The zero-order valence-corrected chi connectivity index (χ0v) is 15.7. The summed E-state index contributed by atoms with van der Waals surface area (Å²) in [4.78, 5) is 36.5. The molecule has 1 saturated heterocycles. The third kappa shape index (κ3) is 3.53. The normalized spacial score (nSPS) is 14.3. The molecule has 1 N–H and O–H groups in total. The summed E-state index contributed by atoms with van der Waals surface area (Å²) in [5, 5.41) is 3.27. The first-order valence-corrected chi connectivity index (χ1v) is 9.28. The summed E-state index contributed by atoms with van der Waals surface area (Å²) in [6.07, 6.45) is 5.21. The quantitative estimate of drug-likeness (QED) is 0.744. The lowest BCUT2D eigenvalue weighted by molar-refractivity contribution is -0.137. The molecule has 144 valence electrons. The van der Waals surface area contributed by atoms with Crippen LogP contribution < -0.4 is 5.32 Å². The minimum atomic E-state index is 0.00576. The van der Waals surface area contributed by atoms with Gasteiger partial charge in [0.1, 0.15) is 11.5 Å². The number of hydrogen-bond acceptors (Lipinski definition) is 5. The Kier molecular flexibility index (Phi) is 4.92. The molecule has 0 radical (unpaired) electrons. The zero-order valence-electron chi connectivity index (χ0n) is 15.7. The molecule has 1 aliphatic rings. The van der Waals surface area contributed by atoms with Gasteiger partial charge in [0.25, 0.3) is 0 Å². The van der Waals surface area contributed by atoms with Crippen molar-refractivity contribution in [1.29, 1.82) is 0 Å². The van der Waals surface area contributed by atoms with Crippen molar-refractivity contribution in [3.05, 3.63) is 48.9 Å². The van der Waals surface area contributed by atoms with Crippen LogP contribution in [0.1, 0.15) is 6.92 Å². The Morgan fingerprint density at radius 2 is 1.79 bits per heavy atom. The fourth-order valence-electron chi connectivity index (χ4n) is 3.41. The molecule has 1 aromatic carbocycles. The highest BCUT2D eigenvalue weighted by Crippen LogP contribution is 2.28. The number of fused-ring (bicyclic) bond motifs is 1. The van der Waals surface area contributed by atoms with E-state index in [2.05, 4.69) is 15.3 Å². The van der Waals surface area contributed by atoms with Gasteiger partial charge in [-0.1, -0.05) is 30.3 Å². The van der Waals surface area contributed by atoms with Crippen molar-refractivity contribution in [2.45, 2.75) is 6.92 Å². The van der Waals surface area contributed by atoms with Crippen molar-refractivity contribution in [1.82, 2.24) is 24.2 Å². The highest BCUT2D eigenvalue weighted by atomic mass is 16.2. The molecule has 0 spiro atoms. The van der Waals surface area contributed by atoms with E-state index >= 15 is 0 Å². The lowest BCUT2D eigenvalue weighted by Crippen LogP contribution is -2.51. The van der Waals surface area contributed by atoms with Crippen molar-refractivity contribution >= 4 is 23.3 Å². The van der Waals surface area contributed by atoms with Crippen LogP contribution in [0.3, 0.4) is 0 Å². The summed E-state index contributed by atoms with van der Waals surface area (Å²) in [7, 11) is 0. The predicted molar refractivity (Wildman–Crippen MR) is 106 cm³/mol. The van der Waals surface area contributed by atoms with Gasteiger partial charge in [-0.25, -0.2) is 4.98 Å². The first kappa shape index (κ1) is 18.0. The topological polar surface area (TPSA) is 82.8 Å². The number of hydrogen-bond donors (Lipinski definition) is 1. The Hall–Kier alpha value is -3.42. The van der Waals surface area contributed by atoms with E-state index in [1.54, 1.807) is 29.1 Å². The molecule has 1 aliphatic heterocycles. The van der Waals surface area contributed by atoms with Gasteiger partial charge in [-0.2, -0.15) is 0 Å². The fraction of sp³-hybridized carbons (Fsp3) is 0.300. The van der Waals surface area contributed by atoms with Gasteiger partial charge in [-0.3, -0.25) is 19.0 Å². The standard InChI is InChI=1S/C20H22N6O2/c1-15(27)24-9-11-25(12-10-24)18(28)14-22-20-19(16-5-3-2-4-6-16)23-17-13-21-7-8-26(17)20/h2-8,13,22H,9-12,14H2,1H3. The summed E-state index contributed by atoms with van der Waals surface area (Å²) in [6, 6.07) is 9.85. The average Bonchev–Trinajstić information content (AvgIpc) is 3.11. The molecule has 0 aliphatic carbocycles. The summed E-state index contributed by atoms with van der Waals surface area (Å²) in [5.41, 5.74) is 2.46. The van der Waals surface area contributed by atoms with E-state index in [9.17, 15) is 9.59 Å². The second-order valence-corrected chi connectivity index (χ2v) is 6.72. The number of anilines is 1. The van der Waals surface area contributed by atoms with E-state index in [1.165, 1.54) is 0 Å². The Morgan fingerprint density at radius 3 is 2.50 bits per heavy atom. The van der Waals surface area contributed by atoms with E-state index < -0.39 is 0 Å². The van der Waals surface area contributed by atoms with Gasteiger partial charge in [-0.15, -0.1) is 0 Å². The summed E-state index contributed by atoms with van der Waals surface area (Å²) < 4.78 is 1.90. The Labute approximate surface area is 162 Å². The lowest BCUT2D eigenvalue weighted by Gasteiger charge is -2.34. The van der Waals surface area contributed by atoms with E-state index in [0.29, 0.717) is 31.8 Å². The monoisotopic (exact) mass is 378 g/mol. The number of carbonyl (C=O) groups is 2. The first-order valence-electron chi connectivity index (χ1n) is 9.28. The molecule has 28 heavy (non-hydrogen) atoms. The molecule has 2 amide bonds. The largest absolute Gasteiger partial charge is 0.360 e. The average molecular weight is 378 g/mol. The smallest absolute Gasteiger partial charge is 0.242 e. The van der Waals surface area contributed by atoms with Crippen LogP contribution in [-0.4, -0.2) is 68.7 Å². The van der Waals surface area contributed by atoms with Gasteiger partial charge in [0.05, 0.1) is 12.7 Å². The lowest BCUT2D eigenvalue weighted by atomic mass is 10.1. The number of rotatable bonds is 4. The van der Waals surface area contributed by atoms with E-state index in [1.807, 2.05) is 40.9 Å². The highest BCUT2D eigenvalue weighted by molar-refractivity contribution is 5.84. The van der Waals surface area contributed by atoms with Crippen molar-refractivity contribution in [3.8, 4) is 11.3 Å². The minimum absolute atomic E-state index is 0.00576. The van der Waals surface area contributed by atoms with Crippen LogP contribution in [-0.2, 0) is 9.59 Å². The maximum Gasteiger partial charge on any atom is 0.242 e. The molecule has 0 atom stereocenters. The number of nitrogens with one attached hydrogen (secondary N) is 1. The van der Waals surface area contributed by atoms with Crippen LogP contribution in [0.5, 0.6) is 0 Å². The van der Waals surface area contributed by atoms with E-state index in [4.69, 9.17) is 0 Å². The zero-order chi connectivity index (χ0) is 19.5. The van der Waals surface area contributed by atoms with E-state index in [0.717, 1.165) is 17.1 Å². The van der Waals surface area contributed by atoms with Crippen LogP contribution in [0.2, 0.25) is 0 Å². The Bertz CT molecular complexity index is 992. The van der Waals surface area contributed by atoms with Crippen molar-refractivity contribution in [2.24, 2.45) is 0 Å². The van der Waals surface area contributed by atoms with Crippen LogP contribution in [0.25, 0.3) is 16.9 Å². The Morgan fingerprint density at radius 1 is 1.07 bits per heavy atom. The third-order valence-electron chi connectivity index (χ3n) is 4.96. The second kappa shape index (κ2) is 7.67. The fourth-order valence-corrected chi connectivity index (χ4v) is 3.41. The molecular weight excluding hydrogens is 356 g/mol. The first-order chi connectivity index (χ1) is 13.6. The van der Waals surface area contributed by atoms with Crippen LogP contribution in [0, 0.1) is 0 Å². The van der Waals surface area contributed by atoms with Gasteiger partial charge in [0, 0.05) is 51.1 Å². The van der Waals surface area contributed by atoms with Gasteiger partial charge in [-0.05, 0) is 0 Å². The van der Waals surface area contributed by atoms with E-state index in [-0.39, 0.29) is 18.4 Å². The SMILES string of the molecule is CC(=O)N1CCN(C(=O)CNc2c(-c3ccccc3)nc3cnccn23)CC1. The molecule has 0 unspecified atom stereocenters. The molecular formula is C20H22N6O2. The summed E-state index contributed by atoms with van der Waals surface area (Å²) in [6.45, 7) is 4.00. The molecule has 0 bridgehead atoms. The molecule has 3 aromatic rings. The third-order valence-corrected chi connectivity index (χ3v) is 4.96. The number of nitrogens with zero attached hydrogens (tertiary/aromatic N) is 5. The van der Waals surface area contributed by atoms with Crippen LogP contribution >= 0.6 is 0 Å². The van der Waals surface area contributed by atoms with Crippen LogP contribution in [0.15, 0.2) is 48.9 Å². The molecule has 8 nitrogen and oxygen atoms in total. The minimum Gasteiger partial charge on any atom is -0.360 e. The number of aromatic nitrogens is 3. The van der Waals surface area contributed by atoms with Crippen LogP contribution in [0.4, 0.5) is 5.82 Å². The molecule has 8 heteroatoms. The molecule has 1 fully saturated rings. The summed E-state index contributed by atoms with van der Waals surface area (Å²) >= 11 is 0. The molecule has 0 saturated carbocycles. The Balaban J connectivity index is 1.52. The summed E-state index contributed by atoms with van der Waals surface area (Å²) in [5.74, 6) is 0.822. The molecule has 3 heterocycles. The number of benzene rings is 1. The number of amides is 2. The highest BCUT2D eigenvalue weighted by Gasteiger charge is 2.23. The van der Waals surface area contributed by atoms with Crippen molar-refractivity contribution in [3.63, 3.8) is 0 Å². The van der Waals surface area contributed by atoms with Crippen molar-refractivity contribution < 1.29 is 9.59 Å². The number of piperazine rings is 1. The second-order valence-electron chi connectivity index (χ2n) is 6.72. The van der Waals surface area contributed by atoms with Gasteiger partial charge in [0.15, 0.2) is 5.65 Å². The predicted octanol–water partition coefficient (Wildman–Crippen LogP) is 1.50. The molecule has 4 rings (SSSR count). The number of imidazole rings is 1. The van der Waals surface area contributed by atoms with Gasteiger partial charge in [0.2, 0.25) is 11.8 Å². The van der Waals surface area contributed by atoms with Gasteiger partial charge < -0.3 is 15.1 Å². The molecule has 2 aromatic heterocycles. The van der Waals surface area contributed by atoms with Crippen molar-refractivity contribution in [2.75, 3.05) is 38.0 Å².